The van der Waals surface area contributed by atoms with Crippen LogP contribution in [0.15, 0.2) is 24.3 Å². The molecule has 0 aliphatic carbocycles. The minimum atomic E-state index is -1.36. The van der Waals surface area contributed by atoms with Crippen molar-refractivity contribution in [3.05, 3.63) is 29.8 Å². The van der Waals surface area contributed by atoms with Gasteiger partial charge in [0, 0.05) is 33.3 Å². The first-order chi connectivity index (χ1) is 15.1. The van der Waals surface area contributed by atoms with Gasteiger partial charge in [0.05, 0.1) is 0 Å². The first-order valence-corrected chi connectivity index (χ1v) is 9.63. The second kappa shape index (κ2) is 11.2. The summed E-state index contributed by atoms with van der Waals surface area (Å²) in [6.45, 7) is 4.18. The van der Waals surface area contributed by atoms with Gasteiger partial charge in [0.2, 0.25) is 12.4 Å². The van der Waals surface area contributed by atoms with Gasteiger partial charge < -0.3 is 28.4 Å². The van der Waals surface area contributed by atoms with Gasteiger partial charge in [0.1, 0.15) is 24.7 Å². The molecule has 0 bridgehead atoms. The Morgan fingerprint density at radius 3 is 2.03 bits per heavy atom. The van der Waals surface area contributed by atoms with Crippen LogP contribution in [0.1, 0.15) is 38.1 Å². The average Bonchev–Trinajstić information content (AvgIpc) is 2.70. The van der Waals surface area contributed by atoms with Gasteiger partial charge in [-0.25, -0.2) is 0 Å². The third-order valence-corrected chi connectivity index (χ3v) is 4.19. The predicted octanol–water partition coefficient (Wildman–Crippen LogP) is 0.961. The lowest BCUT2D eigenvalue weighted by Gasteiger charge is -2.43. The van der Waals surface area contributed by atoms with Crippen molar-refractivity contribution in [2.24, 2.45) is 0 Å². The molecule has 1 fully saturated rings. The fraction of sp³-hybridized carbons (Fsp3) is 0.476. The Balaban J connectivity index is 2.46. The van der Waals surface area contributed by atoms with E-state index in [2.05, 4.69) is 0 Å². The summed E-state index contributed by atoms with van der Waals surface area (Å²) < 4.78 is 32.5. The van der Waals surface area contributed by atoms with Crippen LogP contribution < -0.4 is 4.74 Å². The van der Waals surface area contributed by atoms with E-state index in [1.807, 2.05) is 0 Å². The van der Waals surface area contributed by atoms with Crippen molar-refractivity contribution in [2.45, 2.75) is 58.4 Å². The molecule has 174 valence electrons. The van der Waals surface area contributed by atoms with E-state index in [-0.39, 0.29) is 12.4 Å². The molecular weight excluding hydrogens is 428 g/mol. The molecule has 1 aliphatic rings. The molecule has 0 aromatic heterocycles. The molecule has 11 heteroatoms. The second-order valence-electron chi connectivity index (χ2n) is 6.88. The summed E-state index contributed by atoms with van der Waals surface area (Å²) in [5.41, 5.74) is 0.313. The third-order valence-electron chi connectivity index (χ3n) is 4.19. The summed E-state index contributed by atoms with van der Waals surface area (Å²) >= 11 is 0. The number of hydrogen-bond donors (Lipinski definition) is 0. The number of ether oxygens (including phenoxy) is 6. The van der Waals surface area contributed by atoms with Crippen LogP contribution in [0.2, 0.25) is 0 Å². The number of aldehydes is 1. The van der Waals surface area contributed by atoms with Crippen LogP contribution >= 0.6 is 0 Å². The monoisotopic (exact) mass is 452 g/mol. The predicted molar refractivity (Wildman–Crippen MR) is 104 cm³/mol. The van der Waals surface area contributed by atoms with Crippen LogP contribution in [0.25, 0.3) is 0 Å². The first kappa shape index (κ1) is 24.8. The zero-order valence-electron chi connectivity index (χ0n) is 18.0. The lowest BCUT2D eigenvalue weighted by molar-refractivity contribution is -0.288. The van der Waals surface area contributed by atoms with Crippen molar-refractivity contribution in [1.82, 2.24) is 0 Å². The molecule has 5 atom stereocenters. The van der Waals surface area contributed by atoms with Gasteiger partial charge >= 0.3 is 23.9 Å². The van der Waals surface area contributed by atoms with Crippen LogP contribution in [0.4, 0.5) is 0 Å². The molecule has 0 unspecified atom stereocenters. The number of carbonyl (C=O) groups is 5. The Kier molecular flexibility index (Phi) is 8.71. The largest absolute Gasteiger partial charge is 0.463 e. The lowest BCUT2D eigenvalue weighted by atomic mass is 9.98. The van der Waals surface area contributed by atoms with Crippen LogP contribution in [0.5, 0.6) is 5.75 Å². The Bertz CT molecular complexity index is 865. The van der Waals surface area contributed by atoms with E-state index in [1.165, 1.54) is 19.1 Å². The van der Waals surface area contributed by atoms with Crippen molar-refractivity contribution in [3.8, 4) is 5.75 Å². The van der Waals surface area contributed by atoms with E-state index in [0.29, 0.717) is 11.8 Å². The molecule has 11 nitrogen and oxygen atoms in total. The van der Waals surface area contributed by atoms with Crippen molar-refractivity contribution >= 4 is 30.2 Å². The maximum Gasteiger partial charge on any atom is 0.303 e. The van der Waals surface area contributed by atoms with Gasteiger partial charge in [0.15, 0.2) is 12.2 Å². The van der Waals surface area contributed by atoms with Crippen LogP contribution in [0.3, 0.4) is 0 Å². The van der Waals surface area contributed by atoms with Crippen LogP contribution in [-0.2, 0) is 42.9 Å². The molecule has 0 amide bonds. The molecule has 1 saturated heterocycles. The topological polar surface area (TPSA) is 141 Å². The second-order valence-corrected chi connectivity index (χ2v) is 6.88. The van der Waals surface area contributed by atoms with Crippen molar-refractivity contribution in [2.75, 3.05) is 6.61 Å². The molecule has 0 saturated carbocycles. The molecular formula is C21H24O11. The van der Waals surface area contributed by atoms with Gasteiger partial charge in [-0.2, -0.15) is 0 Å². The van der Waals surface area contributed by atoms with Gasteiger partial charge in [0.25, 0.3) is 0 Å². The molecule has 2 rings (SSSR count). The highest BCUT2D eigenvalue weighted by atomic mass is 16.7. The van der Waals surface area contributed by atoms with E-state index in [0.717, 1.165) is 20.8 Å². The Morgan fingerprint density at radius 1 is 0.875 bits per heavy atom. The van der Waals surface area contributed by atoms with E-state index in [9.17, 15) is 24.0 Å². The van der Waals surface area contributed by atoms with E-state index in [4.69, 9.17) is 28.4 Å². The third kappa shape index (κ3) is 7.05. The van der Waals surface area contributed by atoms with Crippen molar-refractivity contribution in [1.29, 1.82) is 0 Å². The average molecular weight is 452 g/mol. The summed E-state index contributed by atoms with van der Waals surface area (Å²) in [5, 5.41) is 0. The normalized spacial score (nSPS) is 24.6. The maximum absolute atomic E-state index is 11.8. The van der Waals surface area contributed by atoms with Gasteiger partial charge in [-0.15, -0.1) is 0 Å². The van der Waals surface area contributed by atoms with Crippen LogP contribution in [0, 0.1) is 0 Å². The quantitative estimate of drug-likeness (QED) is 0.316. The van der Waals surface area contributed by atoms with E-state index < -0.39 is 54.6 Å². The van der Waals surface area contributed by atoms with Gasteiger partial charge in [-0.3, -0.25) is 24.0 Å². The van der Waals surface area contributed by atoms with Crippen molar-refractivity contribution < 1.29 is 52.4 Å². The molecule has 1 aromatic carbocycles. The molecule has 0 radical (unpaired) electrons. The summed E-state index contributed by atoms with van der Waals surface area (Å²) in [4.78, 5) is 57.7. The zero-order chi connectivity index (χ0) is 23.8. The zero-order valence-corrected chi connectivity index (χ0v) is 18.0. The Morgan fingerprint density at radius 2 is 1.47 bits per heavy atom. The summed E-state index contributed by atoms with van der Waals surface area (Å²) in [6, 6.07) is 6.06. The highest BCUT2D eigenvalue weighted by Gasteiger charge is 2.53. The SMILES string of the molecule is CC(=O)OC[C@H]1O[C@H](Oc2cccc(C=O)c2)[C@H](OC(C)=O)[C@@H](OC(C)=O)[C@H]1OC(C)=O. The Hall–Kier alpha value is -3.47. The van der Waals surface area contributed by atoms with Crippen molar-refractivity contribution in [3.63, 3.8) is 0 Å². The highest BCUT2D eigenvalue weighted by Crippen LogP contribution is 2.31. The van der Waals surface area contributed by atoms with E-state index in [1.54, 1.807) is 12.1 Å². The number of carbonyl (C=O) groups excluding carboxylic acids is 5. The molecule has 1 heterocycles. The fourth-order valence-electron chi connectivity index (χ4n) is 3.08. The molecule has 1 aliphatic heterocycles. The molecule has 0 N–H and O–H groups in total. The minimum Gasteiger partial charge on any atom is -0.463 e. The Labute approximate surface area is 183 Å². The lowest BCUT2D eigenvalue weighted by Crippen LogP contribution is -2.63. The van der Waals surface area contributed by atoms with Crippen LogP contribution in [-0.4, -0.2) is 67.5 Å². The molecule has 1 aromatic rings. The van der Waals surface area contributed by atoms with Gasteiger partial charge in [-0.1, -0.05) is 12.1 Å². The summed E-state index contributed by atoms with van der Waals surface area (Å²) in [6.07, 6.45) is -5.85. The van der Waals surface area contributed by atoms with Gasteiger partial charge in [-0.05, 0) is 12.1 Å². The maximum atomic E-state index is 11.8. The number of benzene rings is 1. The standard InChI is InChI=1S/C21H24O11/c1-11(23)27-10-17-18(28-12(2)24)19(29-13(3)25)20(30-14(4)26)21(32-17)31-16-7-5-6-15(8-16)9-22/h5-9,17-21H,10H2,1-4H3/t17-,18+,19+,20-,21+/m1/s1. The number of hydrogen-bond acceptors (Lipinski definition) is 11. The molecule has 0 spiro atoms. The summed E-state index contributed by atoms with van der Waals surface area (Å²) in [7, 11) is 0. The fourth-order valence-corrected chi connectivity index (χ4v) is 3.08. The highest BCUT2D eigenvalue weighted by molar-refractivity contribution is 5.75. The smallest absolute Gasteiger partial charge is 0.303 e. The molecule has 32 heavy (non-hydrogen) atoms. The number of esters is 4. The summed E-state index contributed by atoms with van der Waals surface area (Å²) in [5.74, 6) is -2.67. The first-order valence-electron chi connectivity index (χ1n) is 9.63. The minimum absolute atomic E-state index is 0.190. The van der Waals surface area contributed by atoms with E-state index >= 15 is 0 Å². The number of rotatable bonds is 8.